The van der Waals surface area contributed by atoms with Crippen LogP contribution in [0.5, 0.6) is 0 Å². The topological polar surface area (TPSA) is 44.9 Å². The van der Waals surface area contributed by atoms with Crippen molar-refractivity contribution in [2.45, 2.75) is 46.0 Å². The molecule has 0 spiro atoms. The van der Waals surface area contributed by atoms with Crippen molar-refractivity contribution in [2.75, 3.05) is 18.0 Å². The summed E-state index contributed by atoms with van der Waals surface area (Å²) in [5.41, 5.74) is 7.55. The zero-order valence-electron chi connectivity index (χ0n) is 19.8. The Bertz CT molecular complexity index is 1260. The highest BCUT2D eigenvalue weighted by Crippen LogP contribution is 2.41. The Balaban J connectivity index is 1.57. The van der Waals surface area contributed by atoms with Crippen molar-refractivity contribution in [1.82, 2.24) is 0 Å². The highest BCUT2D eigenvalue weighted by Gasteiger charge is 2.21. The third-order valence-corrected chi connectivity index (χ3v) is 7.40. The molecule has 0 saturated carbocycles. The highest BCUT2D eigenvalue weighted by molar-refractivity contribution is 7.16. The van der Waals surface area contributed by atoms with Crippen molar-refractivity contribution in [2.24, 2.45) is 0 Å². The Morgan fingerprint density at radius 2 is 1.71 bits per heavy atom. The molecule has 4 rings (SSSR count). The van der Waals surface area contributed by atoms with Gasteiger partial charge in [-0.15, -0.1) is 11.3 Å². The molecule has 0 fully saturated rings. The molecule has 0 atom stereocenters. The van der Waals surface area contributed by atoms with E-state index in [1.807, 2.05) is 12.1 Å². The Morgan fingerprint density at radius 3 is 2.35 bits per heavy atom. The molecule has 0 bridgehead atoms. The second-order valence-corrected chi connectivity index (χ2v) is 9.85. The number of aliphatic carboxylic acids is 1. The van der Waals surface area contributed by atoms with Gasteiger partial charge < -0.3 is 10.0 Å². The Hall–Kier alpha value is -3.36. The average Bonchev–Trinajstić information content (AvgIpc) is 3.45. The molecule has 0 radical (unpaired) electrons. The monoisotopic (exact) mass is 470 g/mol. The average molecular weight is 471 g/mol. The number of carboxylic acid groups (broad SMARTS) is 1. The predicted octanol–water partition coefficient (Wildman–Crippen LogP) is 7.74. The molecular formula is C29H30N2O2S. The number of rotatable bonds is 10. The number of fused-ring (bicyclic) bond motifs is 3. The van der Waals surface area contributed by atoms with Crippen molar-refractivity contribution in [1.29, 1.82) is 0 Å². The van der Waals surface area contributed by atoms with Gasteiger partial charge in [0.1, 0.15) is 0 Å². The second-order valence-electron chi connectivity index (χ2n) is 8.73. The van der Waals surface area contributed by atoms with E-state index in [-0.39, 0.29) is 5.70 Å². The van der Waals surface area contributed by atoms with Crippen molar-refractivity contribution < 1.29 is 9.90 Å². The molecule has 0 unspecified atom stereocenters. The van der Waals surface area contributed by atoms with E-state index in [4.69, 9.17) is 11.7 Å². The summed E-state index contributed by atoms with van der Waals surface area (Å²) in [7, 11) is 0. The predicted molar refractivity (Wildman–Crippen MR) is 142 cm³/mol. The van der Waals surface area contributed by atoms with Crippen LogP contribution in [0.4, 0.5) is 5.69 Å². The molecule has 1 aliphatic rings. The highest BCUT2D eigenvalue weighted by atomic mass is 32.1. The first-order valence-corrected chi connectivity index (χ1v) is 12.8. The molecule has 4 nitrogen and oxygen atoms in total. The first-order valence-electron chi connectivity index (χ1n) is 12.0. The minimum absolute atomic E-state index is 0.263. The molecule has 0 aliphatic heterocycles. The number of hydrogen-bond acceptors (Lipinski definition) is 3. The Labute approximate surface area is 206 Å². The number of benzene rings is 2. The lowest BCUT2D eigenvalue weighted by Crippen LogP contribution is -2.25. The minimum atomic E-state index is -1.19. The number of carboxylic acids is 1. The third-order valence-electron chi connectivity index (χ3n) is 6.32. The van der Waals surface area contributed by atoms with Crippen LogP contribution >= 0.6 is 11.3 Å². The zero-order valence-corrected chi connectivity index (χ0v) is 20.6. The van der Waals surface area contributed by atoms with Gasteiger partial charge in [-0.05, 0) is 83.5 Å². The van der Waals surface area contributed by atoms with Crippen LogP contribution in [0.15, 0.2) is 54.2 Å². The first-order chi connectivity index (χ1) is 16.5. The standard InChI is InChI=1S/C29H30N2O2S/c1-4-6-14-31(15-7-5-2)23-9-12-26-22(18-23)17-21-16-20(8-11-25(21)26)28-13-10-24(34-28)19-27(30-3)29(32)33/h8-13,16,18-19H,4-7,14-15,17H2,1-2H3,(H,32,33)/b27-19+. The van der Waals surface area contributed by atoms with Crippen LogP contribution in [0, 0.1) is 6.57 Å². The SMILES string of the molecule is [C-]#[N+]/C(=C/c1ccc(-c2ccc3c(c2)Cc2cc(N(CCCC)CCCC)ccc2-3)s1)C(=O)O. The summed E-state index contributed by atoms with van der Waals surface area (Å²) < 4.78 is 0. The zero-order chi connectivity index (χ0) is 24.1. The molecule has 1 N–H and O–H groups in total. The maximum atomic E-state index is 11.1. The van der Waals surface area contributed by atoms with E-state index in [0.29, 0.717) is 0 Å². The van der Waals surface area contributed by atoms with Gasteiger partial charge in [-0.2, -0.15) is 0 Å². The van der Waals surface area contributed by atoms with Gasteiger partial charge in [0.15, 0.2) is 0 Å². The van der Waals surface area contributed by atoms with Gasteiger partial charge in [-0.1, -0.05) is 44.9 Å². The van der Waals surface area contributed by atoms with E-state index in [9.17, 15) is 4.79 Å². The molecular weight excluding hydrogens is 440 g/mol. The molecule has 1 aromatic heterocycles. The van der Waals surface area contributed by atoms with Crippen molar-refractivity contribution in [3.8, 4) is 21.6 Å². The smallest absolute Gasteiger partial charge is 0.333 e. The number of hydrogen-bond donors (Lipinski definition) is 1. The summed E-state index contributed by atoms with van der Waals surface area (Å²) in [6, 6.07) is 17.4. The number of carbonyl (C=O) groups is 1. The molecule has 1 aliphatic carbocycles. The quantitative estimate of drug-likeness (QED) is 0.190. The van der Waals surface area contributed by atoms with Gasteiger partial charge in [-0.3, -0.25) is 4.79 Å². The lowest BCUT2D eigenvalue weighted by atomic mass is 10.0. The van der Waals surface area contributed by atoms with Crippen molar-refractivity contribution in [3.05, 3.63) is 81.6 Å². The fourth-order valence-electron chi connectivity index (χ4n) is 4.48. The van der Waals surface area contributed by atoms with Gasteiger partial charge >= 0.3 is 5.97 Å². The van der Waals surface area contributed by atoms with E-state index in [1.165, 1.54) is 71.0 Å². The molecule has 5 heteroatoms. The molecule has 0 amide bonds. The van der Waals surface area contributed by atoms with E-state index in [0.717, 1.165) is 34.8 Å². The largest absolute Gasteiger partial charge is 0.486 e. The van der Waals surface area contributed by atoms with Crippen LogP contribution in [-0.4, -0.2) is 24.2 Å². The van der Waals surface area contributed by atoms with Crippen molar-refractivity contribution in [3.63, 3.8) is 0 Å². The fourth-order valence-corrected chi connectivity index (χ4v) is 5.42. The molecule has 174 valence electrons. The summed E-state index contributed by atoms with van der Waals surface area (Å²) in [5, 5.41) is 9.11. The minimum Gasteiger partial charge on any atom is -0.486 e. The summed E-state index contributed by atoms with van der Waals surface area (Å²) in [6.07, 6.45) is 7.21. The molecule has 3 aromatic rings. The summed E-state index contributed by atoms with van der Waals surface area (Å²) in [6.45, 7) is 13.8. The third kappa shape index (κ3) is 5.08. The van der Waals surface area contributed by atoms with Gasteiger partial charge in [-0.25, -0.2) is 4.85 Å². The van der Waals surface area contributed by atoms with Gasteiger partial charge in [0.25, 0.3) is 5.70 Å². The van der Waals surface area contributed by atoms with E-state index in [2.05, 4.69) is 60.0 Å². The van der Waals surface area contributed by atoms with E-state index >= 15 is 0 Å². The van der Waals surface area contributed by atoms with E-state index in [1.54, 1.807) is 0 Å². The lowest BCUT2D eigenvalue weighted by molar-refractivity contribution is -0.132. The van der Waals surface area contributed by atoms with Crippen LogP contribution < -0.4 is 4.90 Å². The summed E-state index contributed by atoms with van der Waals surface area (Å²) >= 11 is 1.51. The molecule has 34 heavy (non-hydrogen) atoms. The molecule has 0 saturated heterocycles. The number of thiophene rings is 1. The first kappa shape index (κ1) is 23.8. The summed E-state index contributed by atoms with van der Waals surface area (Å²) in [4.78, 5) is 18.6. The maximum Gasteiger partial charge on any atom is 0.333 e. The number of anilines is 1. The molecule has 2 aromatic carbocycles. The normalized spacial score (nSPS) is 12.2. The van der Waals surface area contributed by atoms with Crippen LogP contribution in [0.2, 0.25) is 0 Å². The van der Waals surface area contributed by atoms with Crippen molar-refractivity contribution >= 4 is 29.1 Å². The van der Waals surface area contributed by atoms with Crippen LogP contribution in [-0.2, 0) is 11.2 Å². The number of unbranched alkanes of at least 4 members (excludes halogenated alkanes) is 2. The molecule has 1 heterocycles. The second kappa shape index (κ2) is 10.7. The van der Waals surface area contributed by atoms with Gasteiger partial charge in [0.05, 0.1) is 6.57 Å². The fraction of sp³-hybridized carbons (Fsp3) is 0.310. The van der Waals surface area contributed by atoms with Gasteiger partial charge in [0.2, 0.25) is 0 Å². The van der Waals surface area contributed by atoms with E-state index < -0.39 is 5.97 Å². The Morgan fingerprint density at radius 1 is 1.03 bits per heavy atom. The van der Waals surface area contributed by atoms with Crippen LogP contribution in [0.1, 0.15) is 55.5 Å². The van der Waals surface area contributed by atoms with Crippen LogP contribution in [0.3, 0.4) is 0 Å². The maximum absolute atomic E-state index is 11.1. The number of nitrogens with zero attached hydrogens (tertiary/aromatic N) is 2. The Kier molecular flexibility index (Phi) is 7.49. The lowest BCUT2D eigenvalue weighted by Gasteiger charge is -2.25. The van der Waals surface area contributed by atoms with Gasteiger partial charge in [0, 0.05) is 28.5 Å². The summed E-state index contributed by atoms with van der Waals surface area (Å²) in [5.74, 6) is -1.19. The van der Waals surface area contributed by atoms with Crippen LogP contribution in [0.25, 0.3) is 32.5 Å².